The molecular weight excluding hydrogens is 274 g/mol. The fourth-order valence-electron chi connectivity index (χ4n) is 1.89. The van der Waals surface area contributed by atoms with E-state index in [4.69, 9.17) is 0 Å². The molecule has 0 aliphatic carbocycles. The van der Waals surface area contributed by atoms with Crippen molar-refractivity contribution in [2.75, 3.05) is 11.9 Å². The van der Waals surface area contributed by atoms with Gasteiger partial charge in [0.05, 0.1) is 5.69 Å². The minimum atomic E-state index is -3.58. The summed E-state index contributed by atoms with van der Waals surface area (Å²) in [5.74, 6) is 0.564. The molecule has 1 aromatic rings. The van der Waals surface area contributed by atoms with Gasteiger partial charge in [0.25, 0.3) is 10.0 Å². The number of hydrogen-bond donors (Lipinski definition) is 2. The Labute approximate surface area is 122 Å². The first-order valence-electron chi connectivity index (χ1n) is 7.08. The summed E-state index contributed by atoms with van der Waals surface area (Å²) in [6.07, 6.45) is 3.31. The van der Waals surface area contributed by atoms with Crippen LogP contribution in [0.1, 0.15) is 40.5 Å². The maximum atomic E-state index is 12.4. The number of rotatable bonds is 8. The first-order chi connectivity index (χ1) is 9.36. The van der Waals surface area contributed by atoms with Gasteiger partial charge >= 0.3 is 0 Å². The fraction of sp³-hybridized carbons (Fsp3) is 0.643. The summed E-state index contributed by atoms with van der Waals surface area (Å²) >= 11 is 0. The highest BCUT2D eigenvalue weighted by Crippen LogP contribution is 2.18. The van der Waals surface area contributed by atoms with Gasteiger partial charge in [0, 0.05) is 18.8 Å². The van der Waals surface area contributed by atoms with Crippen LogP contribution in [0.15, 0.2) is 23.4 Å². The van der Waals surface area contributed by atoms with Crippen LogP contribution >= 0.6 is 0 Å². The summed E-state index contributed by atoms with van der Waals surface area (Å²) in [6.45, 7) is 8.71. The number of nitrogens with zero attached hydrogens (tertiary/aromatic N) is 1. The lowest BCUT2D eigenvalue weighted by molar-refractivity contribution is 0.484. The third-order valence-electron chi connectivity index (χ3n) is 2.93. The zero-order valence-electron chi connectivity index (χ0n) is 12.7. The van der Waals surface area contributed by atoms with Crippen LogP contribution in [0.4, 0.5) is 5.69 Å². The van der Waals surface area contributed by atoms with Gasteiger partial charge in [-0.1, -0.05) is 13.8 Å². The van der Waals surface area contributed by atoms with Gasteiger partial charge in [-0.25, -0.2) is 18.1 Å². The van der Waals surface area contributed by atoms with E-state index in [1.54, 1.807) is 12.1 Å². The predicted molar refractivity (Wildman–Crippen MR) is 82.3 cm³/mol. The van der Waals surface area contributed by atoms with E-state index in [1.807, 2.05) is 13.8 Å². The van der Waals surface area contributed by atoms with Crippen LogP contribution in [-0.4, -0.2) is 26.0 Å². The van der Waals surface area contributed by atoms with Crippen molar-refractivity contribution in [2.45, 2.75) is 51.6 Å². The van der Waals surface area contributed by atoms with Crippen molar-refractivity contribution in [3.63, 3.8) is 0 Å². The van der Waals surface area contributed by atoms with E-state index in [-0.39, 0.29) is 11.1 Å². The normalized spacial score (nSPS) is 13.4. The van der Waals surface area contributed by atoms with Gasteiger partial charge in [0.1, 0.15) is 0 Å². The number of anilines is 1. The van der Waals surface area contributed by atoms with Crippen molar-refractivity contribution in [1.82, 2.24) is 9.71 Å². The van der Waals surface area contributed by atoms with E-state index in [0.717, 1.165) is 12.8 Å². The molecule has 0 aliphatic rings. The Balaban J connectivity index is 2.83. The van der Waals surface area contributed by atoms with Crippen molar-refractivity contribution in [1.29, 1.82) is 0 Å². The summed E-state index contributed by atoms with van der Waals surface area (Å²) in [6, 6.07) is 3.35. The zero-order chi connectivity index (χ0) is 15.2. The van der Waals surface area contributed by atoms with E-state index in [1.165, 1.54) is 6.20 Å². The van der Waals surface area contributed by atoms with Gasteiger partial charge in [0.15, 0.2) is 5.03 Å². The quantitative estimate of drug-likeness (QED) is 0.774. The SMILES string of the molecule is CCNc1cccnc1S(=O)(=O)NC(C)CCC(C)C. The molecule has 0 amide bonds. The first kappa shape index (κ1) is 16.9. The average molecular weight is 299 g/mol. The number of sulfonamides is 1. The molecule has 20 heavy (non-hydrogen) atoms. The standard InChI is InChI=1S/C14H25N3O2S/c1-5-15-13-7-6-10-16-14(13)20(18,19)17-12(4)9-8-11(2)3/h6-7,10-12,15,17H,5,8-9H2,1-4H3. The van der Waals surface area contributed by atoms with Gasteiger partial charge in [-0.05, 0) is 44.7 Å². The molecule has 114 valence electrons. The van der Waals surface area contributed by atoms with Crippen LogP contribution < -0.4 is 10.0 Å². The van der Waals surface area contributed by atoms with Crippen LogP contribution in [0.5, 0.6) is 0 Å². The Morgan fingerprint density at radius 2 is 1.95 bits per heavy atom. The van der Waals surface area contributed by atoms with Crippen molar-refractivity contribution in [2.24, 2.45) is 5.92 Å². The van der Waals surface area contributed by atoms with E-state index >= 15 is 0 Å². The van der Waals surface area contributed by atoms with Gasteiger partial charge in [-0.15, -0.1) is 0 Å². The highest BCUT2D eigenvalue weighted by molar-refractivity contribution is 7.89. The summed E-state index contributed by atoms with van der Waals surface area (Å²) < 4.78 is 27.4. The molecule has 1 heterocycles. The predicted octanol–water partition coefficient (Wildman–Crippen LogP) is 2.62. The van der Waals surface area contributed by atoms with Gasteiger partial charge < -0.3 is 5.32 Å². The molecule has 2 N–H and O–H groups in total. The van der Waals surface area contributed by atoms with Crippen molar-refractivity contribution in [3.8, 4) is 0 Å². The van der Waals surface area contributed by atoms with E-state index in [2.05, 4.69) is 28.9 Å². The van der Waals surface area contributed by atoms with Gasteiger partial charge in [0.2, 0.25) is 0 Å². The Morgan fingerprint density at radius 3 is 2.55 bits per heavy atom. The molecule has 5 nitrogen and oxygen atoms in total. The lowest BCUT2D eigenvalue weighted by Crippen LogP contribution is -2.33. The third-order valence-corrected chi connectivity index (χ3v) is 4.47. The minimum absolute atomic E-state index is 0.0678. The topological polar surface area (TPSA) is 71.1 Å². The van der Waals surface area contributed by atoms with E-state index < -0.39 is 10.0 Å². The Morgan fingerprint density at radius 1 is 1.25 bits per heavy atom. The Kier molecular flexibility index (Phi) is 6.42. The summed E-state index contributed by atoms with van der Waals surface area (Å²) in [5.41, 5.74) is 0.540. The molecule has 1 aromatic heterocycles. The summed E-state index contributed by atoms with van der Waals surface area (Å²) in [4.78, 5) is 4.00. The first-order valence-corrected chi connectivity index (χ1v) is 8.56. The molecular formula is C14H25N3O2S. The second kappa shape index (κ2) is 7.59. The number of nitrogens with one attached hydrogen (secondary N) is 2. The summed E-state index contributed by atoms with van der Waals surface area (Å²) in [7, 11) is -3.58. The zero-order valence-corrected chi connectivity index (χ0v) is 13.5. The van der Waals surface area contributed by atoms with Gasteiger partial charge in [-0.3, -0.25) is 0 Å². The molecule has 1 atom stereocenters. The van der Waals surface area contributed by atoms with Crippen LogP contribution in [0, 0.1) is 5.92 Å². The average Bonchev–Trinajstić information content (AvgIpc) is 2.37. The molecule has 0 aliphatic heterocycles. The lowest BCUT2D eigenvalue weighted by Gasteiger charge is -2.16. The van der Waals surface area contributed by atoms with Crippen molar-refractivity contribution in [3.05, 3.63) is 18.3 Å². The molecule has 1 rings (SSSR count). The Hall–Kier alpha value is -1.14. The maximum Gasteiger partial charge on any atom is 0.260 e. The van der Waals surface area contributed by atoms with Crippen molar-refractivity contribution >= 4 is 15.7 Å². The van der Waals surface area contributed by atoms with Crippen LogP contribution in [0.2, 0.25) is 0 Å². The monoisotopic (exact) mass is 299 g/mol. The van der Waals surface area contributed by atoms with Crippen molar-refractivity contribution < 1.29 is 8.42 Å². The third kappa shape index (κ3) is 5.09. The molecule has 0 bridgehead atoms. The molecule has 0 saturated heterocycles. The second-order valence-electron chi connectivity index (χ2n) is 5.38. The molecule has 6 heteroatoms. The number of hydrogen-bond acceptors (Lipinski definition) is 4. The maximum absolute atomic E-state index is 12.4. The second-order valence-corrected chi connectivity index (χ2v) is 7.01. The van der Waals surface area contributed by atoms with Gasteiger partial charge in [-0.2, -0.15) is 0 Å². The highest BCUT2D eigenvalue weighted by Gasteiger charge is 2.22. The molecule has 0 spiro atoms. The Bertz CT molecular complexity index is 515. The summed E-state index contributed by atoms with van der Waals surface area (Å²) in [5, 5.41) is 3.09. The molecule has 0 saturated carbocycles. The highest BCUT2D eigenvalue weighted by atomic mass is 32.2. The fourth-order valence-corrected chi connectivity index (χ4v) is 3.28. The van der Waals surface area contributed by atoms with E-state index in [9.17, 15) is 8.42 Å². The minimum Gasteiger partial charge on any atom is -0.383 e. The molecule has 0 radical (unpaired) electrons. The molecule has 0 aromatic carbocycles. The largest absolute Gasteiger partial charge is 0.383 e. The van der Waals surface area contributed by atoms with Crippen LogP contribution in [0.25, 0.3) is 0 Å². The molecule has 0 fully saturated rings. The molecule has 1 unspecified atom stereocenters. The number of aromatic nitrogens is 1. The smallest absolute Gasteiger partial charge is 0.260 e. The van der Waals surface area contributed by atoms with Crippen LogP contribution in [-0.2, 0) is 10.0 Å². The van der Waals surface area contributed by atoms with Crippen LogP contribution in [0.3, 0.4) is 0 Å². The number of pyridine rings is 1. The lowest BCUT2D eigenvalue weighted by atomic mass is 10.1. The van der Waals surface area contributed by atoms with E-state index in [0.29, 0.717) is 18.2 Å².